The van der Waals surface area contributed by atoms with Crippen molar-refractivity contribution in [2.45, 2.75) is 6.92 Å². The van der Waals surface area contributed by atoms with Gasteiger partial charge in [-0.1, -0.05) is 23.2 Å². The van der Waals surface area contributed by atoms with Crippen LogP contribution in [0.15, 0.2) is 30.5 Å². The molecule has 1 aromatic carbocycles. The zero-order valence-electron chi connectivity index (χ0n) is 9.64. The molecule has 1 aromatic heterocycles. The average Bonchev–Trinajstić information content (AvgIpc) is 2.32. The molecule has 0 atom stereocenters. The van der Waals surface area contributed by atoms with Crippen LogP contribution in [0.1, 0.15) is 15.9 Å². The van der Waals surface area contributed by atoms with Crippen LogP contribution in [0, 0.1) is 6.92 Å². The van der Waals surface area contributed by atoms with Gasteiger partial charge in [-0.05, 0) is 25.1 Å². The molecule has 0 fully saturated rings. The molecule has 92 valence electrons. The molecule has 2 rings (SSSR count). The molecule has 0 unspecified atom stereocenters. The van der Waals surface area contributed by atoms with Crippen molar-refractivity contribution in [3.05, 3.63) is 46.7 Å². The average molecular weight is 263 g/mol. The molecule has 3 N–H and O–H groups in total. The normalized spacial score (nSPS) is 10.1. The number of carbonyl (C=O) groups is 1. The van der Waals surface area contributed by atoms with Crippen LogP contribution in [-0.2, 0) is 0 Å². The lowest BCUT2D eigenvalue weighted by molar-refractivity contribution is 0.102. The Morgan fingerprint density at radius 1 is 1.39 bits per heavy atom. The van der Waals surface area contributed by atoms with Gasteiger partial charge in [0.25, 0.3) is 5.91 Å². The minimum Gasteiger partial charge on any atom is -0.398 e. The van der Waals surface area contributed by atoms with Gasteiger partial charge >= 0.3 is 0 Å². The number of hydrogen-bond donors (Lipinski definition) is 2. The maximum Gasteiger partial charge on any atom is 0.260 e. The van der Waals surface area contributed by atoms with Gasteiger partial charge in [-0.3, -0.25) is 10.1 Å². The van der Waals surface area contributed by atoms with Crippen LogP contribution in [0.4, 0.5) is 11.6 Å². The molecule has 0 radical (unpaired) electrons. The molecule has 0 aliphatic carbocycles. The van der Waals surface area contributed by atoms with E-state index in [9.17, 15) is 4.79 Å². The summed E-state index contributed by atoms with van der Waals surface area (Å²) in [7, 11) is 0. The second-order valence-corrected chi connectivity index (χ2v) is 4.14. The van der Waals surface area contributed by atoms with Crippen molar-refractivity contribution in [1.82, 2.24) is 9.97 Å². The molecule has 1 amide bonds. The summed E-state index contributed by atoms with van der Waals surface area (Å²) in [6, 6.07) is 6.75. The Morgan fingerprint density at radius 3 is 2.89 bits per heavy atom. The fourth-order valence-electron chi connectivity index (χ4n) is 1.43. The number of nitrogens with one attached hydrogen (secondary N) is 1. The van der Waals surface area contributed by atoms with E-state index >= 15 is 0 Å². The number of anilines is 2. The van der Waals surface area contributed by atoms with E-state index < -0.39 is 0 Å². The fourth-order valence-corrected chi connectivity index (χ4v) is 1.57. The lowest BCUT2D eigenvalue weighted by Crippen LogP contribution is -2.16. The Labute approximate surface area is 109 Å². The number of aryl methyl sites for hydroxylation is 1. The lowest BCUT2D eigenvalue weighted by atomic mass is 10.1. The highest BCUT2D eigenvalue weighted by atomic mass is 35.5. The lowest BCUT2D eigenvalue weighted by Gasteiger charge is -2.07. The van der Waals surface area contributed by atoms with Gasteiger partial charge in [-0.2, -0.15) is 0 Å². The van der Waals surface area contributed by atoms with Crippen LogP contribution in [-0.4, -0.2) is 15.9 Å². The third-order valence-electron chi connectivity index (χ3n) is 2.30. The largest absolute Gasteiger partial charge is 0.398 e. The Hall–Kier alpha value is -2.14. The summed E-state index contributed by atoms with van der Waals surface area (Å²) < 4.78 is 0. The standard InChI is InChI=1S/C12H11ClN4O/c1-7-2-3-9(14)8(6-7)11(18)17-12-15-5-4-10(13)16-12/h2-6H,14H2,1H3,(H,15,16,17,18). The number of carbonyl (C=O) groups excluding carboxylic acids is 1. The topological polar surface area (TPSA) is 80.9 Å². The van der Waals surface area contributed by atoms with E-state index in [1.54, 1.807) is 12.1 Å². The molecular weight excluding hydrogens is 252 g/mol. The highest BCUT2D eigenvalue weighted by Crippen LogP contribution is 2.15. The highest BCUT2D eigenvalue weighted by Gasteiger charge is 2.11. The van der Waals surface area contributed by atoms with E-state index in [0.717, 1.165) is 5.56 Å². The van der Waals surface area contributed by atoms with Crippen molar-refractivity contribution in [3.8, 4) is 0 Å². The van der Waals surface area contributed by atoms with Crippen molar-refractivity contribution in [1.29, 1.82) is 0 Å². The van der Waals surface area contributed by atoms with Crippen LogP contribution < -0.4 is 11.1 Å². The number of rotatable bonds is 2. The zero-order chi connectivity index (χ0) is 13.1. The Bertz CT molecular complexity index is 600. The maximum absolute atomic E-state index is 12.0. The number of benzene rings is 1. The summed E-state index contributed by atoms with van der Waals surface area (Å²) >= 11 is 5.70. The van der Waals surface area contributed by atoms with Gasteiger partial charge in [0, 0.05) is 11.9 Å². The summed E-state index contributed by atoms with van der Waals surface area (Å²) in [5.41, 5.74) is 7.48. The molecule has 5 nitrogen and oxygen atoms in total. The Balaban J connectivity index is 2.24. The maximum atomic E-state index is 12.0. The second kappa shape index (κ2) is 5.01. The summed E-state index contributed by atoms with van der Waals surface area (Å²) in [5, 5.41) is 2.80. The van der Waals surface area contributed by atoms with Gasteiger partial charge in [0.1, 0.15) is 5.15 Å². The first-order valence-electron chi connectivity index (χ1n) is 5.22. The van der Waals surface area contributed by atoms with Gasteiger partial charge < -0.3 is 5.73 Å². The van der Waals surface area contributed by atoms with E-state index in [2.05, 4.69) is 15.3 Å². The van der Waals surface area contributed by atoms with Gasteiger partial charge in [-0.25, -0.2) is 9.97 Å². The third kappa shape index (κ3) is 2.75. The van der Waals surface area contributed by atoms with Gasteiger partial charge in [0.05, 0.1) is 5.56 Å². The van der Waals surface area contributed by atoms with Crippen LogP contribution >= 0.6 is 11.6 Å². The first-order chi connectivity index (χ1) is 8.56. The number of amides is 1. The van der Waals surface area contributed by atoms with Gasteiger partial charge in [0.2, 0.25) is 5.95 Å². The minimum absolute atomic E-state index is 0.147. The number of nitrogen functional groups attached to an aromatic ring is 1. The predicted octanol–water partition coefficient (Wildman–Crippen LogP) is 2.27. The predicted molar refractivity (Wildman–Crippen MR) is 70.6 cm³/mol. The molecule has 18 heavy (non-hydrogen) atoms. The molecule has 0 aliphatic rings. The van der Waals surface area contributed by atoms with Crippen LogP contribution in [0.3, 0.4) is 0 Å². The highest BCUT2D eigenvalue weighted by molar-refractivity contribution is 6.29. The van der Waals surface area contributed by atoms with E-state index in [4.69, 9.17) is 17.3 Å². The molecule has 0 saturated carbocycles. The third-order valence-corrected chi connectivity index (χ3v) is 2.51. The first-order valence-corrected chi connectivity index (χ1v) is 5.60. The summed E-state index contributed by atoms with van der Waals surface area (Å²) in [6.45, 7) is 1.88. The second-order valence-electron chi connectivity index (χ2n) is 3.75. The Morgan fingerprint density at radius 2 is 2.17 bits per heavy atom. The van der Waals surface area contributed by atoms with Crippen molar-refractivity contribution in [2.75, 3.05) is 11.1 Å². The molecular formula is C12H11ClN4O. The SMILES string of the molecule is Cc1ccc(N)c(C(=O)Nc2nccc(Cl)n2)c1. The smallest absolute Gasteiger partial charge is 0.260 e. The number of nitrogens with two attached hydrogens (primary N) is 1. The quantitative estimate of drug-likeness (QED) is 0.643. The molecule has 6 heteroatoms. The van der Waals surface area contributed by atoms with Gasteiger partial charge in [0.15, 0.2) is 0 Å². The van der Waals surface area contributed by atoms with Crippen LogP contribution in [0.5, 0.6) is 0 Å². The first kappa shape index (κ1) is 12.3. The van der Waals surface area contributed by atoms with Crippen molar-refractivity contribution < 1.29 is 4.79 Å². The van der Waals surface area contributed by atoms with E-state index in [1.165, 1.54) is 12.3 Å². The summed E-state index contributed by atoms with van der Waals surface area (Å²) in [5.74, 6) is -0.216. The monoisotopic (exact) mass is 262 g/mol. The molecule has 0 spiro atoms. The van der Waals surface area contributed by atoms with Crippen molar-refractivity contribution >= 4 is 29.1 Å². The van der Waals surface area contributed by atoms with E-state index in [1.807, 2.05) is 13.0 Å². The van der Waals surface area contributed by atoms with Crippen LogP contribution in [0.2, 0.25) is 5.15 Å². The van der Waals surface area contributed by atoms with E-state index in [-0.39, 0.29) is 17.0 Å². The molecule has 0 bridgehead atoms. The van der Waals surface area contributed by atoms with E-state index in [0.29, 0.717) is 11.3 Å². The zero-order valence-corrected chi connectivity index (χ0v) is 10.4. The Kier molecular flexibility index (Phi) is 3.43. The van der Waals surface area contributed by atoms with Crippen LogP contribution in [0.25, 0.3) is 0 Å². The molecule has 0 saturated heterocycles. The van der Waals surface area contributed by atoms with Crippen molar-refractivity contribution in [2.24, 2.45) is 0 Å². The fraction of sp³-hybridized carbons (Fsp3) is 0.0833. The number of aromatic nitrogens is 2. The summed E-state index contributed by atoms with van der Waals surface area (Å²) in [4.78, 5) is 19.7. The molecule has 2 aromatic rings. The number of hydrogen-bond acceptors (Lipinski definition) is 4. The van der Waals surface area contributed by atoms with Gasteiger partial charge in [-0.15, -0.1) is 0 Å². The number of nitrogens with zero attached hydrogens (tertiary/aromatic N) is 2. The minimum atomic E-state index is -0.363. The molecule has 1 heterocycles. The molecule has 0 aliphatic heterocycles. The van der Waals surface area contributed by atoms with Crippen molar-refractivity contribution in [3.63, 3.8) is 0 Å². The summed E-state index contributed by atoms with van der Waals surface area (Å²) in [6.07, 6.45) is 1.46. The number of halogens is 1.